The predicted octanol–water partition coefficient (Wildman–Crippen LogP) is 2.56. The maximum atomic E-state index is 12.2. The molecule has 2 rings (SSSR count). The predicted molar refractivity (Wildman–Crippen MR) is 83.9 cm³/mol. The minimum atomic E-state index is -0.954. The summed E-state index contributed by atoms with van der Waals surface area (Å²) in [7, 11) is 0. The van der Waals surface area contributed by atoms with E-state index >= 15 is 0 Å². The summed E-state index contributed by atoms with van der Waals surface area (Å²) < 4.78 is 5.07. The SMILES string of the molecule is Cc1noc(C)c1CCC(=O)NC(CC(=O)O)c1ccccc1. The van der Waals surface area contributed by atoms with Crippen molar-refractivity contribution in [2.75, 3.05) is 0 Å². The number of hydrogen-bond donors (Lipinski definition) is 2. The molecule has 6 nitrogen and oxygen atoms in total. The summed E-state index contributed by atoms with van der Waals surface area (Å²) in [5.74, 6) is -0.439. The number of aryl methyl sites for hydroxylation is 2. The van der Waals surface area contributed by atoms with Crippen LogP contribution in [0.5, 0.6) is 0 Å². The third kappa shape index (κ3) is 4.67. The van der Waals surface area contributed by atoms with Crippen LogP contribution in [0.1, 0.15) is 41.5 Å². The van der Waals surface area contributed by atoms with Crippen LogP contribution in [0.2, 0.25) is 0 Å². The zero-order valence-corrected chi connectivity index (χ0v) is 13.2. The molecule has 1 aromatic heterocycles. The minimum Gasteiger partial charge on any atom is -0.481 e. The number of aliphatic carboxylic acids is 1. The number of carbonyl (C=O) groups excluding carboxylic acids is 1. The van der Waals surface area contributed by atoms with Crippen LogP contribution in [0.25, 0.3) is 0 Å². The molecule has 0 aliphatic carbocycles. The summed E-state index contributed by atoms with van der Waals surface area (Å²) in [5, 5.41) is 15.7. The third-order valence-electron chi connectivity index (χ3n) is 3.70. The second-order valence-electron chi connectivity index (χ2n) is 5.43. The summed E-state index contributed by atoms with van der Waals surface area (Å²) in [6.45, 7) is 3.64. The normalized spacial score (nSPS) is 11.9. The first-order valence-corrected chi connectivity index (χ1v) is 7.45. The monoisotopic (exact) mass is 316 g/mol. The van der Waals surface area contributed by atoms with Crippen LogP contribution >= 0.6 is 0 Å². The first-order chi connectivity index (χ1) is 11.0. The highest BCUT2D eigenvalue weighted by atomic mass is 16.5. The van der Waals surface area contributed by atoms with Gasteiger partial charge < -0.3 is 14.9 Å². The number of nitrogens with one attached hydrogen (secondary N) is 1. The van der Waals surface area contributed by atoms with Crippen LogP contribution in [0, 0.1) is 13.8 Å². The van der Waals surface area contributed by atoms with Crippen molar-refractivity contribution in [3.05, 3.63) is 52.9 Å². The van der Waals surface area contributed by atoms with Gasteiger partial charge in [-0.1, -0.05) is 35.5 Å². The summed E-state index contributed by atoms with van der Waals surface area (Å²) in [6, 6.07) is 8.57. The lowest BCUT2D eigenvalue weighted by atomic mass is 10.0. The van der Waals surface area contributed by atoms with Gasteiger partial charge in [-0.05, 0) is 25.8 Å². The molecule has 1 heterocycles. The van der Waals surface area contributed by atoms with E-state index in [1.807, 2.05) is 44.2 Å². The summed E-state index contributed by atoms with van der Waals surface area (Å²) >= 11 is 0. The van der Waals surface area contributed by atoms with Crippen molar-refractivity contribution in [2.45, 2.75) is 39.2 Å². The van der Waals surface area contributed by atoms with E-state index in [1.54, 1.807) is 0 Å². The molecule has 0 aliphatic heterocycles. The van der Waals surface area contributed by atoms with Gasteiger partial charge in [0.2, 0.25) is 5.91 Å². The molecule has 0 aliphatic rings. The van der Waals surface area contributed by atoms with Crippen LogP contribution in [0.4, 0.5) is 0 Å². The molecule has 0 saturated carbocycles. The van der Waals surface area contributed by atoms with Crippen LogP contribution in [-0.4, -0.2) is 22.1 Å². The van der Waals surface area contributed by atoms with Gasteiger partial charge in [0.1, 0.15) is 5.76 Å². The molecule has 0 radical (unpaired) electrons. The molecule has 1 unspecified atom stereocenters. The van der Waals surface area contributed by atoms with Crippen molar-refractivity contribution in [2.24, 2.45) is 0 Å². The van der Waals surface area contributed by atoms with E-state index < -0.39 is 12.0 Å². The molecule has 0 bridgehead atoms. The molecule has 0 saturated heterocycles. The average Bonchev–Trinajstić information content (AvgIpc) is 2.84. The smallest absolute Gasteiger partial charge is 0.305 e. The lowest BCUT2D eigenvalue weighted by Crippen LogP contribution is -2.30. The molecule has 1 aromatic carbocycles. The van der Waals surface area contributed by atoms with Crippen molar-refractivity contribution in [1.29, 1.82) is 0 Å². The number of carboxylic acids is 1. The van der Waals surface area contributed by atoms with E-state index in [9.17, 15) is 9.59 Å². The fraction of sp³-hybridized carbons (Fsp3) is 0.353. The van der Waals surface area contributed by atoms with Gasteiger partial charge in [0, 0.05) is 12.0 Å². The van der Waals surface area contributed by atoms with Crippen molar-refractivity contribution >= 4 is 11.9 Å². The molecule has 2 N–H and O–H groups in total. The van der Waals surface area contributed by atoms with E-state index in [0.29, 0.717) is 12.2 Å². The van der Waals surface area contributed by atoms with Crippen molar-refractivity contribution < 1.29 is 19.2 Å². The highest BCUT2D eigenvalue weighted by Gasteiger charge is 2.18. The molecule has 6 heteroatoms. The van der Waals surface area contributed by atoms with Crippen LogP contribution in [-0.2, 0) is 16.0 Å². The number of hydrogen-bond acceptors (Lipinski definition) is 4. The Balaban J connectivity index is 1.99. The molecule has 2 aromatic rings. The van der Waals surface area contributed by atoms with Gasteiger partial charge in [-0.2, -0.15) is 0 Å². The van der Waals surface area contributed by atoms with Gasteiger partial charge in [-0.15, -0.1) is 0 Å². The number of amides is 1. The largest absolute Gasteiger partial charge is 0.481 e. The molecule has 122 valence electrons. The number of carboxylic acid groups (broad SMARTS) is 1. The lowest BCUT2D eigenvalue weighted by Gasteiger charge is -2.17. The second kappa shape index (κ2) is 7.58. The van der Waals surface area contributed by atoms with E-state index in [-0.39, 0.29) is 18.7 Å². The maximum absolute atomic E-state index is 12.2. The molecule has 1 amide bonds. The Kier molecular flexibility index (Phi) is 5.51. The summed E-state index contributed by atoms with van der Waals surface area (Å²) in [4.78, 5) is 23.2. The Hall–Kier alpha value is -2.63. The molecular formula is C17H20N2O4. The van der Waals surface area contributed by atoms with Gasteiger partial charge in [-0.25, -0.2) is 0 Å². The van der Waals surface area contributed by atoms with Gasteiger partial charge in [0.25, 0.3) is 0 Å². The first-order valence-electron chi connectivity index (χ1n) is 7.45. The molecule has 23 heavy (non-hydrogen) atoms. The number of aromatic nitrogens is 1. The van der Waals surface area contributed by atoms with E-state index in [4.69, 9.17) is 9.63 Å². The van der Waals surface area contributed by atoms with Crippen LogP contribution in [0.3, 0.4) is 0 Å². The van der Waals surface area contributed by atoms with E-state index in [1.165, 1.54) is 0 Å². The molecule has 0 spiro atoms. The Morgan fingerprint density at radius 1 is 1.26 bits per heavy atom. The topological polar surface area (TPSA) is 92.4 Å². The Bertz CT molecular complexity index is 660. The zero-order valence-electron chi connectivity index (χ0n) is 13.2. The molecular weight excluding hydrogens is 296 g/mol. The minimum absolute atomic E-state index is 0.152. The Morgan fingerprint density at radius 3 is 2.52 bits per heavy atom. The van der Waals surface area contributed by atoms with Crippen molar-refractivity contribution in [3.63, 3.8) is 0 Å². The van der Waals surface area contributed by atoms with Gasteiger partial charge in [0.15, 0.2) is 0 Å². The average molecular weight is 316 g/mol. The highest BCUT2D eigenvalue weighted by Crippen LogP contribution is 2.18. The Labute approximate surface area is 134 Å². The molecule has 0 fully saturated rings. The zero-order chi connectivity index (χ0) is 16.8. The van der Waals surface area contributed by atoms with E-state index in [2.05, 4.69) is 10.5 Å². The van der Waals surface area contributed by atoms with Crippen molar-refractivity contribution in [1.82, 2.24) is 10.5 Å². The fourth-order valence-corrected chi connectivity index (χ4v) is 2.48. The second-order valence-corrected chi connectivity index (χ2v) is 5.43. The first kappa shape index (κ1) is 16.7. The Morgan fingerprint density at radius 2 is 1.96 bits per heavy atom. The standard InChI is InChI=1S/C17H20N2O4/c1-11-14(12(2)23-19-11)8-9-16(20)18-15(10-17(21)22)13-6-4-3-5-7-13/h3-7,15H,8-10H2,1-2H3,(H,18,20)(H,21,22). The highest BCUT2D eigenvalue weighted by molar-refractivity contribution is 5.78. The quantitative estimate of drug-likeness (QED) is 0.819. The lowest BCUT2D eigenvalue weighted by molar-refractivity contribution is -0.137. The summed E-state index contributed by atoms with van der Waals surface area (Å²) in [6.07, 6.45) is 0.620. The van der Waals surface area contributed by atoms with Crippen molar-refractivity contribution in [3.8, 4) is 0 Å². The maximum Gasteiger partial charge on any atom is 0.305 e. The third-order valence-corrected chi connectivity index (χ3v) is 3.70. The number of rotatable bonds is 7. The number of nitrogens with zero attached hydrogens (tertiary/aromatic N) is 1. The number of benzene rings is 1. The van der Waals surface area contributed by atoms with Crippen LogP contribution in [0.15, 0.2) is 34.9 Å². The van der Waals surface area contributed by atoms with Gasteiger partial charge in [0.05, 0.1) is 18.2 Å². The molecule has 1 atom stereocenters. The number of carbonyl (C=O) groups is 2. The van der Waals surface area contributed by atoms with Crippen LogP contribution < -0.4 is 5.32 Å². The van der Waals surface area contributed by atoms with E-state index in [0.717, 1.165) is 16.8 Å². The van der Waals surface area contributed by atoms with Gasteiger partial charge >= 0.3 is 5.97 Å². The van der Waals surface area contributed by atoms with Gasteiger partial charge in [-0.3, -0.25) is 9.59 Å². The fourth-order valence-electron chi connectivity index (χ4n) is 2.48. The summed E-state index contributed by atoms with van der Waals surface area (Å²) in [5.41, 5.74) is 2.48.